The standard InChI is InChI=1S/C11H12O/c1-9-5-6-10(2)11(8-9)4-3-7-12/h3-8H,1-2H3. The van der Waals surface area contributed by atoms with Gasteiger partial charge in [0.2, 0.25) is 0 Å². The average molecular weight is 160 g/mol. The molecule has 0 aliphatic rings. The number of carbonyl (C=O) groups excluding carboxylic acids is 1. The maximum absolute atomic E-state index is 10.1. The fourth-order valence-electron chi connectivity index (χ4n) is 1.08. The van der Waals surface area contributed by atoms with Crippen molar-refractivity contribution in [3.05, 3.63) is 41.0 Å². The first kappa shape index (κ1) is 8.72. The number of benzene rings is 1. The lowest BCUT2D eigenvalue weighted by molar-refractivity contribution is -0.104. The fourth-order valence-corrected chi connectivity index (χ4v) is 1.08. The summed E-state index contributed by atoms with van der Waals surface area (Å²) in [5.74, 6) is 0. The first-order valence-electron chi connectivity index (χ1n) is 3.93. The minimum atomic E-state index is 0.793. The molecule has 0 aliphatic carbocycles. The maximum atomic E-state index is 10.1. The third kappa shape index (κ3) is 2.06. The van der Waals surface area contributed by atoms with Gasteiger partial charge in [0.15, 0.2) is 0 Å². The van der Waals surface area contributed by atoms with Crippen LogP contribution in [0.2, 0.25) is 0 Å². The van der Waals surface area contributed by atoms with Crippen LogP contribution in [0, 0.1) is 13.8 Å². The number of hydrogen-bond acceptors (Lipinski definition) is 1. The van der Waals surface area contributed by atoms with E-state index >= 15 is 0 Å². The molecule has 1 nitrogen and oxygen atoms in total. The van der Waals surface area contributed by atoms with Crippen LogP contribution in [0.4, 0.5) is 0 Å². The molecule has 1 aromatic carbocycles. The number of carbonyl (C=O) groups is 1. The van der Waals surface area contributed by atoms with Crippen molar-refractivity contribution in [2.45, 2.75) is 13.8 Å². The molecule has 0 amide bonds. The third-order valence-corrected chi connectivity index (χ3v) is 1.79. The molecule has 1 aromatic rings. The first-order valence-corrected chi connectivity index (χ1v) is 3.93. The number of aryl methyl sites for hydroxylation is 2. The molecule has 0 saturated heterocycles. The van der Waals surface area contributed by atoms with E-state index in [1.165, 1.54) is 17.2 Å². The number of aldehydes is 1. The van der Waals surface area contributed by atoms with Gasteiger partial charge < -0.3 is 0 Å². The van der Waals surface area contributed by atoms with Crippen molar-refractivity contribution in [2.24, 2.45) is 0 Å². The number of hydrogen-bond donors (Lipinski definition) is 0. The lowest BCUT2D eigenvalue weighted by Crippen LogP contribution is -1.81. The lowest BCUT2D eigenvalue weighted by Gasteiger charge is -2.00. The number of allylic oxidation sites excluding steroid dienone is 1. The lowest BCUT2D eigenvalue weighted by atomic mass is 10.1. The van der Waals surface area contributed by atoms with E-state index in [2.05, 4.69) is 18.2 Å². The molecule has 1 rings (SSSR count). The van der Waals surface area contributed by atoms with E-state index in [-0.39, 0.29) is 0 Å². The van der Waals surface area contributed by atoms with Crippen LogP contribution in [0.5, 0.6) is 0 Å². The van der Waals surface area contributed by atoms with Gasteiger partial charge in [0, 0.05) is 0 Å². The Labute approximate surface area is 72.7 Å². The molecule has 0 saturated carbocycles. The summed E-state index contributed by atoms with van der Waals surface area (Å²) in [6.07, 6.45) is 4.14. The Hall–Kier alpha value is -1.37. The zero-order chi connectivity index (χ0) is 8.97. The Morgan fingerprint density at radius 3 is 2.67 bits per heavy atom. The van der Waals surface area contributed by atoms with Crippen LogP contribution in [-0.4, -0.2) is 6.29 Å². The molecule has 0 bridgehead atoms. The molecule has 0 spiro atoms. The van der Waals surface area contributed by atoms with Crippen molar-refractivity contribution >= 4 is 12.4 Å². The summed E-state index contributed by atoms with van der Waals surface area (Å²) in [5, 5.41) is 0. The smallest absolute Gasteiger partial charge is 0.142 e. The molecule has 12 heavy (non-hydrogen) atoms. The molecular formula is C11H12O. The minimum absolute atomic E-state index is 0.793. The molecule has 0 atom stereocenters. The van der Waals surface area contributed by atoms with E-state index in [1.807, 2.05) is 19.9 Å². The number of rotatable bonds is 2. The van der Waals surface area contributed by atoms with E-state index in [1.54, 1.807) is 0 Å². The SMILES string of the molecule is Cc1ccc(C)c(C=CC=O)c1. The van der Waals surface area contributed by atoms with Gasteiger partial charge in [-0.3, -0.25) is 4.79 Å². The molecule has 0 radical (unpaired) electrons. The summed E-state index contributed by atoms with van der Waals surface area (Å²) in [6, 6.07) is 6.18. The highest BCUT2D eigenvalue weighted by atomic mass is 16.1. The Morgan fingerprint density at radius 2 is 2.00 bits per heavy atom. The highest BCUT2D eigenvalue weighted by Gasteiger charge is 1.92. The van der Waals surface area contributed by atoms with Gasteiger partial charge in [0.25, 0.3) is 0 Å². The van der Waals surface area contributed by atoms with E-state index in [0.717, 1.165) is 11.8 Å². The summed E-state index contributed by atoms with van der Waals surface area (Å²) in [4.78, 5) is 10.1. The topological polar surface area (TPSA) is 17.1 Å². The van der Waals surface area contributed by atoms with Gasteiger partial charge in [-0.2, -0.15) is 0 Å². The second-order valence-electron chi connectivity index (χ2n) is 2.86. The molecule has 0 N–H and O–H groups in total. The van der Waals surface area contributed by atoms with Crippen molar-refractivity contribution in [2.75, 3.05) is 0 Å². The summed E-state index contributed by atoms with van der Waals surface area (Å²) in [7, 11) is 0. The molecule has 0 unspecified atom stereocenters. The summed E-state index contributed by atoms with van der Waals surface area (Å²) < 4.78 is 0. The van der Waals surface area contributed by atoms with E-state index in [0.29, 0.717) is 0 Å². The van der Waals surface area contributed by atoms with Crippen molar-refractivity contribution < 1.29 is 4.79 Å². The van der Waals surface area contributed by atoms with Crippen LogP contribution in [-0.2, 0) is 4.79 Å². The third-order valence-electron chi connectivity index (χ3n) is 1.79. The highest BCUT2D eigenvalue weighted by Crippen LogP contribution is 2.11. The van der Waals surface area contributed by atoms with Gasteiger partial charge in [-0.25, -0.2) is 0 Å². The summed E-state index contributed by atoms with van der Waals surface area (Å²) >= 11 is 0. The minimum Gasteiger partial charge on any atom is -0.299 e. The summed E-state index contributed by atoms with van der Waals surface area (Å²) in [5.41, 5.74) is 3.52. The van der Waals surface area contributed by atoms with Crippen LogP contribution < -0.4 is 0 Å². The van der Waals surface area contributed by atoms with E-state index in [9.17, 15) is 4.79 Å². The second kappa shape index (κ2) is 3.86. The Bertz CT molecular complexity index is 311. The second-order valence-corrected chi connectivity index (χ2v) is 2.86. The monoisotopic (exact) mass is 160 g/mol. The van der Waals surface area contributed by atoms with E-state index < -0.39 is 0 Å². The van der Waals surface area contributed by atoms with Crippen LogP contribution in [0.25, 0.3) is 6.08 Å². The Kier molecular flexibility index (Phi) is 2.81. The quantitative estimate of drug-likeness (QED) is 0.480. The molecule has 0 fully saturated rings. The predicted molar refractivity (Wildman–Crippen MR) is 51.0 cm³/mol. The van der Waals surface area contributed by atoms with Crippen LogP contribution in [0.3, 0.4) is 0 Å². The zero-order valence-corrected chi connectivity index (χ0v) is 7.37. The highest BCUT2D eigenvalue weighted by molar-refractivity contribution is 5.74. The molecule has 1 heteroatoms. The normalized spacial score (nSPS) is 10.5. The predicted octanol–water partition coefficient (Wildman–Crippen LogP) is 2.52. The van der Waals surface area contributed by atoms with Gasteiger partial charge in [0.1, 0.15) is 6.29 Å². The Balaban J connectivity index is 3.04. The van der Waals surface area contributed by atoms with Crippen molar-refractivity contribution in [1.29, 1.82) is 0 Å². The van der Waals surface area contributed by atoms with Crippen LogP contribution in [0.1, 0.15) is 16.7 Å². The molecule has 62 valence electrons. The maximum Gasteiger partial charge on any atom is 0.142 e. The molecule has 0 heterocycles. The van der Waals surface area contributed by atoms with Gasteiger partial charge in [0.05, 0.1) is 0 Å². The summed E-state index contributed by atoms with van der Waals surface area (Å²) in [6.45, 7) is 4.07. The zero-order valence-electron chi connectivity index (χ0n) is 7.37. The van der Waals surface area contributed by atoms with Gasteiger partial charge in [-0.15, -0.1) is 0 Å². The largest absolute Gasteiger partial charge is 0.299 e. The van der Waals surface area contributed by atoms with Crippen LogP contribution >= 0.6 is 0 Å². The van der Waals surface area contributed by atoms with E-state index in [4.69, 9.17) is 0 Å². The average Bonchev–Trinajstić information content (AvgIpc) is 2.07. The Morgan fingerprint density at radius 1 is 1.25 bits per heavy atom. The first-order chi connectivity index (χ1) is 5.74. The van der Waals surface area contributed by atoms with Gasteiger partial charge in [-0.05, 0) is 31.1 Å². The van der Waals surface area contributed by atoms with Crippen molar-refractivity contribution in [3.63, 3.8) is 0 Å². The van der Waals surface area contributed by atoms with Crippen molar-refractivity contribution in [3.8, 4) is 0 Å². The molecule has 0 aliphatic heterocycles. The van der Waals surface area contributed by atoms with Crippen LogP contribution in [0.15, 0.2) is 24.3 Å². The van der Waals surface area contributed by atoms with Gasteiger partial charge >= 0.3 is 0 Å². The molecule has 0 aromatic heterocycles. The van der Waals surface area contributed by atoms with Crippen molar-refractivity contribution in [1.82, 2.24) is 0 Å². The molecular weight excluding hydrogens is 148 g/mol. The fraction of sp³-hybridized carbons (Fsp3) is 0.182. The van der Waals surface area contributed by atoms with Gasteiger partial charge in [-0.1, -0.05) is 29.8 Å².